The van der Waals surface area contributed by atoms with Gasteiger partial charge in [0.15, 0.2) is 11.1 Å². The molecule has 158 valence electrons. The molecule has 0 saturated carbocycles. The van der Waals surface area contributed by atoms with Crippen LogP contribution in [0.5, 0.6) is 0 Å². The second-order valence-corrected chi connectivity index (χ2v) is 8.49. The van der Waals surface area contributed by atoms with Crippen molar-refractivity contribution in [2.75, 3.05) is 11.9 Å². The van der Waals surface area contributed by atoms with Crippen LogP contribution in [0, 0.1) is 20.8 Å². The number of aryl methyl sites for hydroxylation is 4. The van der Waals surface area contributed by atoms with Crippen molar-refractivity contribution in [1.82, 2.24) is 14.3 Å². The predicted molar refractivity (Wildman–Crippen MR) is 108 cm³/mol. The maximum absolute atomic E-state index is 12.3. The first-order valence-corrected chi connectivity index (χ1v) is 10.6. The fourth-order valence-corrected chi connectivity index (χ4v) is 3.63. The van der Waals surface area contributed by atoms with Gasteiger partial charge in [0.1, 0.15) is 5.82 Å². The average Bonchev–Trinajstić information content (AvgIpc) is 2.97. The number of imidazole rings is 1. The zero-order valence-electron chi connectivity index (χ0n) is 17.1. The molecular formula is C19H26N4O5S. The quantitative estimate of drug-likeness (QED) is 0.624. The largest absolute Gasteiger partial charge is 0.452 e. The van der Waals surface area contributed by atoms with Crippen LogP contribution in [0.3, 0.4) is 0 Å². The molecule has 10 heteroatoms. The van der Waals surface area contributed by atoms with Crippen LogP contribution in [0.25, 0.3) is 0 Å². The smallest absolute Gasteiger partial charge is 0.307 e. The van der Waals surface area contributed by atoms with Gasteiger partial charge in [-0.25, -0.2) is 18.1 Å². The number of hydrogen-bond acceptors (Lipinski definition) is 6. The van der Waals surface area contributed by atoms with E-state index in [9.17, 15) is 18.0 Å². The number of amides is 1. The van der Waals surface area contributed by atoms with Gasteiger partial charge < -0.3 is 14.6 Å². The maximum Gasteiger partial charge on any atom is 0.307 e. The standard InChI is InChI=1S/C19H26N4O5S/c1-12-7-6-8-13(2)18(12)22-19(25)14(3)28-17(24)9-10-20-29(26,27)16-11-23(5)15(4)21-16/h6-8,11,14,20H,9-10H2,1-5H3,(H,22,25). The van der Waals surface area contributed by atoms with Gasteiger partial charge in [-0.2, -0.15) is 0 Å². The monoisotopic (exact) mass is 422 g/mol. The Morgan fingerprint density at radius 2 is 1.83 bits per heavy atom. The lowest BCUT2D eigenvalue weighted by Gasteiger charge is -2.16. The number of aromatic nitrogens is 2. The highest BCUT2D eigenvalue weighted by atomic mass is 32.2. The lowest BCUT2D eigenvalue weighted by Crippen LogP contribution is -2.32. The minimum atomic E-state index is -3.82. The lowest BCUT2D eigenvalue weighted by molar-refractivity contribution is -0.152. The molecule has 9 nitrogen and oxygen atoms in total. The van der Waals surface area contributed by atoms with E-state index in [4.69, 9.17) is 4.74 Å². The van der Waals surface area contributed by atoms with Crippen molar-refractivity contribution in [3.8, 4) is 0 Å². The molecule has 1 atom stereocenters. The molecule has 0 aliphatic rings. The number of rotatable bonds is 8. The second kappa shape index (κ2) is 9.19. The van der Waals surface area contributed by atoms with Crippen molar-refractivity contribution >= 4 is 27.6 Å². The van der Waals surface area contributed by atoms with Crippen molar-refractivity contribution in [3.05, 3.63) is 41.3 Å². The first-order valence-electron chi connectivity index (χ1n) is 9.07. The number of ether oxygens (including phenoxy) is 1. The third-order valence-electron chi connectivity index (χ3n) is 4.39. The molecule has 0 fully saturated rings. The minimum Gasteiger partial charge on any atom is -0.452 e. The molecule has 1 aromatic carbocycles. The van der Waals surface area contributed by atoms with Gasteiger partial charge in [-0.3, -0.25) is 9.59 Å². The topological polar surface area (TPSA) is 119 Å². The lowest BCUT2D eigenvalue weighted by atomic mass is 10.1. The van der Waals surface area contributed by atoms with Gasteiger partial charge in [0.25, 0.3) is 15.9 Å². The predicted octanol–water partition coefficient (Wildman–Crippen LogP) is 1.58. The Morgan fingerprint density at radius 3 is 2.38 bits per heavy atom. The van der Waals surface area contributed by atoms with Crippen molar-refractivity contribution < 1.29 is 22.7 Å². The van der Waals surface area contributed by atoms with Crippen LogP contribution >= 0.6 is 0 Å². The number of nitrogens with zero attached hydrogens (tertiary/aromatic N) is 2. The van der Waals surface area contributed by atoms with Crippen LogP contribution in [0.1, 0.15) is 30.3 Å². The normalized spacial score (nSPS) is 12.4. The molecule has 2 N–H and O–H groups in total. The SMILES string of the molecule is Cc1cccc(C)c1NC(=O)C(C)OC(=O)CCNS(=O)(=O)c1cn(C)c(C)n1. The highest BCUT2D eigenvalue weighted by Crippen LogP contribution is 2.19. The van der Waals surface area contributed by atoms with Crippen LogP contribution in [-0.4, -0.2) is 42.5 Å². The molecule has 29 heavy (non-hydrogen) atoms. The van der Waals surface area contributed by atoms with E-state index in [1.54, 1.807) is 18.5 Å². The fourth-order valence-electron chi connectivity index (χ4n) is 2.56. The van der Waals surface area contributed by atoms with Crippen molar-refractivity contribution in [3.63, 3.8) is 0 Å². The van der Waals surface area contributed by atoms with Gasteiger partial charge in [-0.05, 0) is 38.8 Å². The number of carbonyl (C=O) groups is 2. The number of benzene rings is 1. The third-order valence-corrected chi connectivity index (χ3v) is 5.72. The van der Waals surface area contributed by atoms with Crippen LogP contribution < -0.4 is 10.0 Å². The second-order valence-electron chi connectivity index (χ2n) is 6.77. The molecule has 2 rings (SSSR count). The summed E-state index contributed by atoms with van der Waals surface area (Å²) in [6, 6.07) is 5.63. The Bertz CT molecular complexity index is 974. The third kappa shape index (κ3) is 5.88. The molecule has 0 aliphatic carbocycles. The van der Waals surface area contributed by atoms with Gasteiger partial charge in [0.2, 0.25) is 0 Å². The summed E-state index contributed by atoms with van der Waals surface area (Å²) >= 11 is 0. The first-order chi connectivity index (χ1) is 13.5. The van der Waals surface area contributed by atoms with E-state index < -0.39 is 28.0 Å². The van der Waals surface area contributed by atoms with E-state index in [0.717, 1.165) is 11.1 Å². The van der Waals surface area contributed by atoms with Crippen molar-refractivity contribution in [2.24, 2.45) is 7.05 Å². The van der Waals surface area contributed by atoms with Gasteiger partial charge >= 0.3 is 5.97 Å². The van der Waals surface area contributed by atoms with Crippen LogP contribution in [-0.2, 0) is 31.4 Å². The van der Waals surface area contributed by atoms with E-state index in [2.05, 4.69) is 15.0 Å². The Hall–Kier alpha value is -2.72. The van der Waals surface area contributed by atoms with Gasteiger partial charge in [0.05, 0.1) is 6.42 Å². The summed E-state index contributed by atoms with van der Waals surface area (Å²) in [7, 11) is -2.14. The summed E-state index contributed by atoms with van der Waals surface area (Å²) < 4.78 is 33.3. The van der Waals surface area contributed by atoms with Crippen LogP contribution in [0.4, 0.5) is 5.69 Å². The molecule has 0 bridgehead atoms. The molecule has 0 aliphatic heterocycles. The zero-order chi connectivity index (χ0) is 21.8. The summed E-state index contributed by atoms with van der Waals surface area (Å²) in [5.41, 5.74) is 2.48. The molecule has 0 saturated heterocycles. The zero-order valence-corrected chi connectivity index (χ0v) is 18.0. The highest BCUT2D eigenvalue weighted by molar-refractivity contribution is 7.89. The van der Waals surface area contributed by atoms with E-state index in [1.165, 1.54) is 13.1 Å². The summed E-state index contributed by atoms with van der Waals surface area (Å²) in [6.07, 6.45) is 0.152. The van der Waals surface area contributed by atoms with E-state index in [1.807, 2.05) is 32.0 Å². The first kappa shape index (κ1) is 22.6. The van der Waals surface area contributed by atoms with Gasteiger partial charge in [-0.1, -0.05) is 18.2 Å². The number of esters is 1. The molecule has 1 heterocycles. The molecule has 0 spiro atoms. The Morgan fingerprint density at radius 1 is 1.21 bits per heavy atom. The number of hydrogen-bond donors (Lipinski definition) is 2. The Kier molecular flexibility index (Phi) is 7.15. The molecule has 0 radical (unpaired) electrons. The molecule has 1 aromatic heterocycles. The van der Waals surface area contributed by atoms with Gasteiger partial charge in [0, 0.05) is 25.5 Å². The summed E-state index contributed by atoms with van der Waals surface area (Å²) in [5, 5.41) is 2.64. The van der Waals surface area contributed by atoms with E-state index in [-0.39, 0.29) is 18.0 Å². The van der Waals surface area contributed by atoms with E-state index >= 15 is 0 Å². The van der Waals surface area contributed by atoms with E-state index in [0.29, 0.717) is 11.5 Å². The van der Waals surface area contributed by atoms with Crippen molar-refractivity contribution in [1.29, 1.82) is 0 Å². The van der Waals surface area contributed by atoms with Crippen LogP contribution in [0.2, 0.25) is 0 Å². The minimum absolute atomic E-state index is 0.118. The number of para-hydroxylation sites is 1. The molecule has 1 unspecified atom stereocenters. The number of sulfonamides is 1. The molecular weight excluding hydrogens is 396 g/mol. The highest BCUT2D eigenvalue weighted by Gasteiger charge is 2.21. The molecule has 1 amide bonds. The Labute approximate surface area is 170 Å². The number of carbonyl (C=O) groups excluding carboxylic acids is 2. The summed E-state index contributed by atoms with van der Waals surface area (Å²) in [5.74, 6) is -0.595. The van der Waals surface area contributed by atoms with Gasteiger partial charge in [-0.15, -0.1) is 0 Å². The molecule has 2 aromatic rings. The van der Waals surface area contributed by atoms with Crippen LogP contribution in [0.15, 0.2) is 29.4 Å². The maximum atomic E-state index is 12.3. The fraction of sp³-hybridized carbons (Fsp3) is 0.421. The number of nitrogens with one attached hydrogen (secondary N) is 2. The Balaban J connectivity index is 1.84. The summed E-state index contributed by atoms with van der Waals surface area (Å²) in [4.78, 5) is 28.2. The average molecular weight is 423 g/mol. The van der Waals surface area contributed by atoms with Crippen molar-refractivity contribution in [2.45, 2.75) is 45.2 Å². The summed E-state index contributed by atoms with van der Waals surface area (Å²) in [6.45, 7) is 6.72. The number of anilines is 1.